The molecule has 0 bridgehead atoms. The molecule has 3 amide bonds. The number of nitrogens with one attached hydrogen (secondary N) is 1. The van der Waals surface area contributed by atoms with Gasteiger partial charge in [0.1, 0.15) is 0 Å². The number of sulfonamides is 1. The van der Waals surface area contributed by atoms with Gasteiger partial charge in [-0.1, -0.05) is 12.1 Å². The van der Waals surface area contributed by atoms with Crippen LogP contribution in [0.15, 0.2) is 41.3 Å². The fourth-order valence-electron chi connectivity index (χ4n) is 3.18. The van der Waals surface area contributed by atoms with Crippen molar-refractivity contribution in [1.82, 2.24) is 9.21 Å². The molecule has 3 rings (SSSR count). The number of aryl methyl sites for hydroxylation is 1. The van der Waals surface area contributed by atoms with Crippen LogP contribution in [0.4, 0.5) is 5.69 Å². The zero-order valence-corrected chi connectivity index (χ0v) is 18.0. The van der Waals surface area contributed by atoms with Gasteiger partial charge in [0, 0.05) is 32.7 Å². The number of imide groups is 1. The first-order valence-electron chi connectivity index (χ1n) is 9.33. The van der Waals surface area contributed by atoms with Crippen LogP contribution in [-0.2, 0) is 14.8 Å². The lowest BCUT2D eigenvalue weighted by Gasteiger charge is -2.17. The average Bonchev–Trinajstić information content (AvgIpc) is 2.94. The van der Waals surface area contributed by atoms with Crippen molar-refractivity contribution in [3.8, 4) is 0 Å². The van der Waals surface area contributed by atoms with Crippen LogP contribution in [0.5, 0.6) is 0 Å². The number of carbonyl (C=O) groups excluding carboxylic acids is 3. The summed E-state index contributed by atoms with van der Waals surface area (Å²) in [7, 11) is -0.790. The van der Waals surface area contributed by atoms with Crippen LogP contribution in [0, 0.1) is 13.8 Å². The third kappa shape index (κ3) is 3.86. The van der Waals surface area contributed by atoms with Gasteiger partial charge in [-0.15, -0.1) is 0 Å². The molecule has 1 aliphatic rings. The number of carbonyl (C=O) groups is 3. The number of fused-ring (bicyclic) bond motifs is 1. The highest BCUT2D eigenvalue weighted by Crippen LogP contribution is 2.26. The Hall–Kier alpha value is -3.04. The Morgan fingerprint density at radius 3 is 2.13 bits per heavy atom. The normalized spacial score (nSPS) is 13.7. The van der Waals surface area contributed by atoms with Crippen molar-refractivity contribution in [2.45, 2.75) is 25.2 Å². The number of rotatable bonds is 6. The van der Waals surface area contributed by atoms with Gasteiger partial charge in [-0.3, -0.25) is 19.3 Å². The maximum absolute atomic E-state index is 12.5. The number of nitrogens with zero attached hydrogens (tertiary/aromatic N) is 2. The summed E-state index contributed by atoms with van der Waals surface area (Å²) in [6.45, 7) is 3.48. The predicted molar refractivity (Wildman–Crippen MR) is 112 cm³/mol. The van der Waals surface area contributed by atoms with E-state index in [2.05, 4.69) is 5.32 Å². The Balaban J connectivity index is 1.74. The van der Waals surface area contributed by atoms with Gasteiger partial charge in [-0.05, 0) is 49.2 Å². The van der Waals surface area contributed by atoms with Crippen LogP contribution in [0.2, 0.25) is 0 Å². The second kappa shape index (κ2) is 8.00. The fourth-order valence-corrected chi connectivity index (χ4v) is 4.20. The summed E-state index contributed by atoms with van der Waals surface area (Å²) in [6, 6.07) is 9.49. The van der Waals surface area contributed by atoms with Crippen LogP contribution in [0.25, 0.3) is 0 Å². The molecular weight excluding hydrogens is 406 g/mol. The largest absolute Gasteiger partial charge is 0.326 e. The summed E-state index contributed by atoms with van der Waals surface area (Å²) in [5.41, 5.74) is 2.49. The van der Waals surface area contributed by atoms with Crippen LogP contribution in [0.3, 0.4) is 0 Å². The maximum Gasteiger partial charge on any atom is 0.261 e. The average molecular weight is 429 g/mol. The van der Waals surface area contributed by atoms with Crippen molar-refractivity contribution in [3.63, 3.8) is 0 Å². The number of hydrogen-bond donors (Lipinski definition) is 1. The maximum atomic E-state index is 12.5. The Bertz CT molecular complexity index is 1120. The number of anilines is 1. The van der Waals surface area contributed by atoms with Crippen LogP contribution < -0.4 is 5.32 Å². The molecule has 0 spiro atoms. The van der Waals surface area contributed by atoms with Crippen LogP contribution in [-0.4, -0.2) is 56.0 Å². The van der Waals surface area contributed by atoms with E-state index in [9.17, 15) is 22.8 Å². The SMILES string of the molecule is Cc1cc(S(=O)(=O)N(C)C)cc(NC(=O)CCN2C(=O)c3ccccc3C2=O)c1C. The highest BCUT2D eigenvalue weighted by molar-refractivity contribution is 7.89. The van der Waals surface area contributed by atoms with Crippen molar-refractivity contribution < 1.29 is 22.8 Å². The summed E-state index contributed by atoms with van der Waals surface area (Å²) >= 11 is 0. The molecule has 8 nitrogen and oxygen atoms in total. The Labute approximate surface area is 175 Å². The first kappa shape index (κ1) is 21.7. The van der Waals surface area contributed by atoms with Crippen molar-refractivity contribution in [3.05, 3.63) is 58.7 Å². The lowest BCUT2D eigenvalue weighted by Crippen LogP contribution is -2.33. The highest BCUT2D eigenvalue weighted by Gasteiger charge is 2.35. The van der Waals surface area contributed by atoms with Gasteiger partial charge in [-0.25, -0.2) is 12.7 Å². The van der Waals surface area contributed by atoms with Gasteiger partial charge in [0.25, 0.3) is 11.8 Å². The zero-order chi connectivity index (χ0) is 22.2. The molecule has 0 fully saturated rings. The van der Waals surface area contributed by atoms with Gasteiger partial charge in [0.05, 0.1) is 16.0 Å². The van der Waals surface area contributed by atoms with Crippen molar-refractivity contribution >= 4 is 33.4 Å². The number of hydrogen-bond acceptors (Lipinski definition) is 5. The van der Waals surface area contributed by atoms with Crippen molar-refractivity contribution in [2.24, 2.45) is 0 Å². The molecule has 1 N–H and O–H groups in total. The van der Waals surface area contributed by atoms with Gasteiger partial charge in [0.15, 0.2) is 0 Å². The summed E-state index contributed by atoms with van der Waals surface area (Å²) < 4.78 is 26.0. The highest BCUT2D eigenvalue weighted by atomic mass is 32.2. The fraction of sp³-hybridized carbons (Fsp3) is 0.286. The summed E-state index contributed by atoms with van der Waals surface area (Å²) in [5.74, 6) is -1.27. The summed E-state index contributed by atoms with van der Waals surface area (Å²) in [5, 5.41) is 2.71. The third-order valence-corrected chi connectivity index (χ3v) is 6.93. The number of amides is 3. The van der Waals surface area contributed by atoms with E-state index in [0.29, 0.717) is 22.4 Å². The Morgan fingerprint density at radius 1 is 1.03 bits per heavy atom. The number of benzene rings is 2. The predicted octanol–water partition coefficient (Wildman–Crippen LogP) is 2.18. The quantitative estimate of drug-likeness (QED) is 0.709. The second-order valence-electron chi connectivity index (χ2n) is 7.31. The summed E-state index contributed by atoms with van der Waals surface area (Å²) in [4.78, 5) is 38.4. The summed E-state index contributed by atoms with van der Waals surface area (Å²) in [6.07, 6.45) is -0.103. The molecule has 2 aromatic rings. The molecule has 0 saturated heterocycles. The first-order valence-corrected chi connectivity index (χ1v) is 10.8. The lowest BCUT2D eigenvalue weighted by molar-refractivity contribution is -0.116. The Kier molecular flexibility index (Phi) is 5.78. The molecule has 30 heavy (non-hydrogen) atoms. The zero-order valence-electron chi connectivity index (χ0n) is 17.2. The van der Waals surface area contributed by atoms with Crippen LogP contribution in [0.1, 0.15) is 38.3 Å². The molecule has 1 heterocycles. The van der Waals surface area contributed by atoms with E-state index in [4.69, 9.17) is 0 Å². The minimum absolute atomic E-state index is 0.0636. The molecule has 1 aliphatic heterocycles. The van der Waals surface area contributed by atoms with E-state index >= 15 is 0 Å². The molecule has 0 unspecified atom stereocenters. The van der Waals surface area contributed by atoms with Crippen LogP contribution >= 0.6 is 0 Å². The van der Waals surface area contributed by atoms with E-state index in [-0.39, 0.29) is 17.9 Å². The first-order chi connectivity index (χ1) is 14.0. The minimum Gasteiger partial charge on any atom is -0.326 e. The van der Waals surface area contributed by atoms with Gasteiger partial charge >= 0.3 is 0 Å². The molecule has 2 aromatic carbocycles. The Morgan fingerprint density at radius 2 is 1.60 bits per heavy atom. The molecule has 9 heteroatoms. The second-order valence-corrected chi connectivity index (χ2v) is 9.46. The van der Waals surface area contributed by atoms with E-state index in [1.807, 2.05) is 0 Å². The lowest BCUT2D eigenvalue weighted by atomic mass is 10.1. The van der Waals surface area contributed by atoms with Gasteiger partial charge in [0.2, 0.25) is 15.9 Å². The standard InChI is InChI=1S/C21H23N3O5S/c1-13-11-15(30(28,29)23(3)4)12-18(14(13)2)22-19(25)9-10-24-20(26)16-7-5-6-8-17(16)21(24)27/h5-8,11-12H,9-10H2,1-4H3,(H,22,25). The monoisotopic (exact) mass is 429 g/mol. The van der Waals surface area contributed by atoms with E-state index < -0.39 is 27.7 Å². The molecule has 0 atom stereocenters. The topological polar surface area (TPSA) is 104 Å². The molecular formula is C21H23N3O5S. The van der Waals surface area contributed by atoms with Crippen molar-refractivity contribution in [2.75, 3.05) is 26.0 Å². The molecule has 0 radical (unpaired) electrons. The molecule has 0 saturated carbocycles. The molecule has 0 aliphatic carbocycles. The molecule has 0 aromatic heterocycles. The van der Waals surface area contributed by atoms with E-state index in [1.54, 1.807) is 44.2 Å². The smallest absolute Gasteiger partial charge is 0.261 e. The van der Waals surface area contributed by atoms with Gasteiger partial charge in [-0.2, -0.15) is 0 Å². The van der Waals surface area contributed by atoms with Crippen molar-refractivity contribution in [1.29, 1.82) is 0 Å². The minimum atomic E-state index is -3.66. The third-order valence-electron chi connectivity index (χ3n) is 5.13. The van der Waals surface area contributed by atoms with E-state index in [0.717, 1.165) is 14.8 Å². The molecule has 158 valence electrons. The van der Waals surface area contributed by atoms with E-state index in [1.165, 1.54) is 20.2 Å². The van der Waals surface area contributed by atoms with Gasteiger partial charge < -0.3 is 5.32 Å².